The predicted molar refractivity (Wildman–Crippen MR) is 166 cm³/mol. The van der Waals surface area contributed by atoms with Crippen LogP contribution in [0.3, 0.4) is 0 Å². The number of nitrogens with one attached hydrogen (secondary N) is 1. The van der Waals surface area contributed by atoms with E-state index >= 15 is 0 Å². The largest absolute Gasteiger partial charge is 0.475 e. The first-order valence-electron chi connectivity index (χ1n) is 13.8. The van der Waals surface area contributed by atoms with E-state index in [0.717, 1.165) is 11.1 Å². The fourth-order valence-corrected chi connectivity index (χ4v) is 5.67. The van der Waals surface area contributed by atoms with Crippen LogP contribution in [-0.2, 0) is 42.6 Å². The van der Waals surface area contributed by atoms with Gasteiger partial charge >= 0.3 is 13.8 Å². The van der Waals surface area contributed by atoms with Gasteiger partial charge in [0.2, 0.25) is 5.28 Å². The Morgan fingerprint density at radius 1 is 0.864 bits per heavy atom. The number of esters is 1. The molecule has 3 aromatic carbocycles. The Balaban J connectivity index is 1.36. The Bertz CT molecular complexity index is 1660. The van der Waals surface area contributed by atoms with Gasteiger partial charge in [0.25, 0.3) is 0 Å². The van der Waals surface area contributed by atoms with Gasteiger partial charge in [0, 0.05) is 19.5 Å². The van der Waals surface area contributed by atoms with Crippen molar-refractivity contribution in [3.63, 3.8) is 0 Å². The number of carbonyl (C=O) groups is 1. The number of benzene rings is 3. The lowest BCUT2D eigenvalue weighted by atomic mass is 10.1. The highest BCUT2D eigenvalue weighted by molar-refractivity contribution is 7.48. The lowest BCUT2D eigenvalue weighted by Crippen LogP contribution is -2.24. The SMILES string of the molecule is CNc1nc(Cl)nc2c1ncn2CC(COC(=O)c1ccccc1)COP(=O)(OCc1ccccc1)OCc1ccccc1. The molecule has 0 aliphatic rings. The number of hydrogen-bond acceptors (Lipinski definition) is 10. The third kappa shape index (κ3) is 8.49. The van der Waals surface area contributed by atoms with E-state index in [1.54, 1.807) is 42.2 Å². The second-order valence-corrected chi connectivity index (χ2v) is 11.8. The number of hydrogen-bond donors (Lipinski definition) is 1. The summed E-state index contributed by atoms with van der Waals surface area (Å²) in [6.45, 7) is 0.0408. The number of phosphoric ester groups is 1. The average molecular weight is 636 g/mol. The molecule has 0 fully saturated rings. The Hall–Kier alpha value is -4.12. The van der Waals surface area contributed by atoms with Gasteiger partial charge in [0.05, 0.1) is 38.3 Å². The van der Waals surface area contributed by atoms with Crippen LogP contribution >= 0.6 is 19.4 Å². The standard InChI is InChI=1S/C31H31ClN5O6P/c1-33-28-27-29(36-31(32)35-28)37(22-34-27)17-25(18-40-30(38)26-15-9-4-10-16-26)21-43-44(39,41-19-23-11-5-2-6-12-23)42-20-24-13-7-3-8-14-24/h2-16,22,25H,17-21H2,1H3,(H,33,35,36). The van der Waals surface area contributed by atoms with Gasteiger partial charge in [0.15, 0.2) is 17.0 Å². The number of anilines is 1. The molecule has 0 radical (unpaired) electrons. The summed E-state index contributed by atoms with van der Waals surface area (Å²) in [7, 11) is -2.38. The third-order valence-corrected chi connectivity index (χ3v) is 8.05. The highest BCUT2D eigenvalue weighted by atomic mass is 35.5. The normalized spacial score (nSPS) is 12.2. The molecule has 1 atom stereocenters. The quantitative estimate of drug-likeness (QED) is 0.0768. The van der Waals surface area contributed by atoms with Crippen LogP contribution < -0.4 is 5.32 Å². The van der Waals surface area contributed by atoms with E-state index < -0.39 is 19.7 Å². The molecule has 44 heavy (non-hydrogen) atoms. The van der Waals surface area contributed by atoms with Gasteiger partial charge in [-0.3, -0.25) is 13.6 Å². The number of halogens is 1. The van der Waals surface area contributed by atoms with Crippen LogP contribution in [0, 0.1) is 5.92 Å². The van der Waals surface area contributed by atoms with Crippen molar-refractivity contribution >= 4 is 42.4 Å². The summed E-state index contributed by atoms with van der Waals surface area (Å²) in [4.78, 5) is 25.7. The zero-order valence-electron chi connectivity index (χ0n) is 23.9. The van der Waals surface area contributed by atoms with Gasteiger partial charge in [-0.05, 0) is 34.9 Å². The Morgan fingerprint density at radius 2 is 1.45 bits per heavy atom. The van der Waals surface area contributed by atoms with Crippen LogP contribution in [0.15, 0.2) is 97.3 Å². The minimum Gasteiger partial charge on any atom is -0.462 e. The number of fused-ring (bicyclic) bond motifs is 1. The summed E-state index contributed by atoms with van der Waals surface area (Å²) in [6.07, 6.45) is 1.58. The Morgan fingerprint density at radius 3 is 2.05 bits per heavy atom. The fraction of sp³-hybridized carbons (Fsp3) is 0.226. The van der Waals surface area contributed by atoms with Gasteiger partial charge in [-0.1, -0.05) is 78.9 Å². The van der Waals surface area contributed by atoms with Crippen molar-refractivity contribution < 1.29 is 27.7 Å². The maximum absolute atomic E-state index is 13.9. The second-order valence-electron chi connectivity index (χ2n) is 9.75. The third-order valence-electron chi connectivity index (χ3n) is 6.52. The van der Waals surface area contributed by atoms with Crippen molar-refractivity contribution in [3.8, 4) is 0 Å². The molecule has 0 bridgehead atoms. The first kappa shape index (κ1) is 31.3. The van der Waals surface area contributed by atoms with Crippen molar-refractivity contribution in [3.05, 3.63) is 119 Å². The van der Waals surface area contributed by atoms with Crippen molar-refractivity contribution in [2.24, 2.45) is 5.92 Å². The number of ether oxygens (including phenoxy) is 1. The average Bonchev–Trinajstić information content (AvgIpc) is 3.47. The summed E-state index contributed by atoms with van der Waals surface area (Å²) >= 11 is 6.16. The molecule has 5 aromatic rings. The molecule has 2 aromatic heterocycles. The molecule has 11 nitrogen and oxygen atoms in total. The second kappa shape index (κ2) is 15.1. The van der Waals surface area contributed by atoms with E-state index in [4.69, 9.17) is 29.9 Å². The minimum absolute atomic E-state index is 0.00887. The topological polar surface area (TPSA) is 127 Å². The van der Waals surface area contributed by atoms with Crippen molar-refractivity contribution in [2.75, 3.05) is 25.6 Å². The predicted octanol–water partition coefficient (Wildman–Crippen LogP) is 6.55. The van der Waals surface area contributed by atoms with E-state index in [0.29, 0.717) is 22.5 Å². The lowest BCUT2D eigenvalue weighted by molar-refractivity contribution is 0.0329. The summed E-state index contributed by atoms with van der Waals surface area (Å²) in [5.74, 6) is -0.547. The van der Waals surface area contributed by atoms with E-state index in [1.807, 2.05) is 66.7 Å². The zero-order chi connectivity index (χ0) is 30.8. The van der Waals surface area contributed by atoms with Crippen molar-refractivity contribution in [1.29, 1.82) is 0 Å². The zero-order valence-corrected chi connectivity index (χ0v) is 25.6. The molecular weight excluding hydrogens is 605 g/mol. The minimum atomic E-state index is -4.09. The van der Waals surface area contributed by atoms with E-state index in [9.17, 15) is 9.36 Å². The maximum Gasteiger partial charge on any atom is 0.475 e. The first-order valence-corrected chi connectivity index (χ1v) is 15.7. The van der Waals surface area contributed by atoms with Crippen LogP contribution in [-0.4, -0.2) is 45.7 Å². The summed E-state index contributed by atoms with van der Waals surface area (Å²) in [6, 6.07) is 27.2. The summed E-state index contributed by atoms with van der Waals surface area (Å²) in [5, 5.41) is 3.00. The monoisotopic (exact) mass is 635 g/mol. The molecule has 2 heterocycles. The van der Waals surface area contributed by atoms with E-state index in [-0.39, 0.29) is 38.3 Å². The summed E-state index contributed by atoms with van der Waals surface area (Å²) in [5.41, 5.74) is 2.99. The molecular formula is C31H31ClN5O6P. The van der Waals surface area contributed by atoms with Gasteiger partial charge in [-0.15, -0.1) is 0 Å². The van der Waals surface area contributed by atoms with E-state index in [2.05, 4.69) is 20.3 Å². The number of nitrogens with zero attached hydrogens (tertiary/aromatic N) is 4. The molecule has 0 aliphatic carbocycles. The van der Waals surface area contributed by atoms with Gasteiger partial charge in [-0.25, -0.2) is 14.3 Å². The highest BCUT2D eigenvalue weighted by Crippen LogP contribution is 2.51. The molecule has 228 valence electrons. The van der Waals surface area contributed by atoms with Crippen molar-refractivity contribution in [1.82, 2.24) is 19.5 Å². The fourth-order valence-electron chi connectivity index (χ4n) is 4.27. The molecule has 5 rings (SSSR count). The number of rotatable bonds is 15. The van der Waals surface area contributed by atoms with Crippen LogP contribution in [0.4, 0.5) is 5.82 Å². The van der Waals surface area contributed by atoms with Crippen molar-refractivity contribution in [2.45, 2.75) is 19.8 Å². The molecule has 0 saturated heterocycles. The Labute approximate surface area is 259 Å². The first-order chi connectivity index (χ1) is 21.4. The number of phosphoric acid groups is 1. The highest BCUT2D eigenvalue weighted by Gasteiger charge is 2.30. The molecule has 0 saturated carbocycles. The van der Waals surface area contributed by atoms with Crippen LogP contribution in [0.25, 0.3) is 11.2 Å². The number of aromatic nitrogens is 4. The van der Waals surface area contributed by atoms with E-state index in [1.165, 1.54) is 0 Å². The summed E-state index contributed by atoms with van der Waals surface area (Å²) < 4.78 is 38.8. The number of imidazole rings is 1. The van der Waals surface area contributed by atoms with Gasteiger partial charge in [0.1, 0.15) is 0 Å². The Kier molecular flexibility index (Phi) is 10.7. The molecule has 1 unspecified atom stereocenters. The van der Waals surface area contributed by atoms with Crippen LogP contribution in [0.2, 0.25) is 5.28 Å². The molecule has 1 N–H and O–H groups in total. The van der Waals surface area contributed by atoms with Gasteiger partial charge < -0.3 is 14.6 Å². The van der Waals surface area contributed by atoms with Crippen LogP contribution in [0.5, 0.6) is 0 Å². The molecule has 0 aliphatic heterocycles. The molecule has 0 amide bonds. The molecule has 13 heteroatoms. The van der Waals surface area contributed by atoms with Gasteiger partial charge in [-0.2, -0.15) is 9.97 Å². The smallest absolute Gasteiger partial charge is 0.462 e. The maximum atomic E-state index is 13.9. The van der Waals surface area contributed by atoms with Crippen LogP contribution in [0.1, 0.15) is 21.5 Å². The lowest BCUT2D eigenvalue weighted by Gasteiger charge is -2.22. The molecule has 0 spiro atoms. The number of carbonyl (C=O) groups excluding carboxylic acids is 1.